The van der Waals surface area contributed by atoms with E-state index in [9.17, 15) is 14.0 Å². The number of piperidine rings is 1. The van der Waals surface area contributed by atoms with Gasteiger partial charge in [0.05, 0.1) is 34.6 Å². The number of carbonyl (C=O) groups is 2. The van der Waals surface area contributed by atoms with Crippen LogP contribution in [-0.4, -0.2) is 82.8 Å². The maximum Gasteiger partial charge on any atom is 0.410 e. The fraction of sp³-hybridized carbons (Fsp3) is 0.500. The molecule has 1 atom stereocenters. The van der Waals surface area contributed by atoms with Gasteiger partial charge in [-0.2, -0.15) is 0 Å². The largest absolute Gasteiger partial charge is 0.496 e. The van der Waals surface area contributed by atoms with Crippen LogP contribution in [0, 0.1) is 5.82 Å². The monoisotopic (exact) mass is 653 g/mol. The number of imidazole rings is 1. The van der Waals surface area contributed by atoms with Crippen LogP contribution in [0.5, 0.6) is 5.75 Å². The number of alkyl halides is 1. The minimum absolute atomic E-state index is 0.220. The van der Waals surface area contributed by atoms with Crippen molar-refractivity contribution in [2.24, 2.45) is 0 Å². The lowest BCUT2D eigenvalue weighted by Crippen LogP contribution is -2.36. The zero-order valence-electron chi connectivity index (χ0n) is 26.8. The summed E-state index contributed by atoms with van der Waals surface area (Å²) in [4.78, 5) is 35.2. The van der Waals surface area contributed by atoms with Crippen LogP contribution < -0.4 is 10.1 Å². The van der Waals surface area contributed by atoms with Crippen LogP contribution in [-0.2, 0) is 4.74 Å². The van der Waals surface area contributed by atoms with Crippen molar-refractivity contribution in [1.82, 2.24) is 24.5 Å². The number of amides is 2. The fourth-order valence-electron chi connectivity index (χ4n) is 6.33. The Morgan fingerprint density at radius 3 is 2.61 bits per heavy atom. The lowest BCUT2D eigenvalue weighted by Gasteiger charge is -2.29. The van der Waals surface area contributed by atoms with Gasteiger partial charge in [0.15, 0.2) is 4.96 Å². The molecule has 2 aromatic heterocycles. The molecule has 9 nitrogen and oxygen atoms in total. The van der Waals surface area contributed by atoms with Gasteiger partial charge in [-0.3, -0.25) is 9.20 Å². The molecular weight excluding hydrogens is 612 g/mol. The van der Waals surface area contributed by atoms with Gasteiger partial charge in [-0.25, -0.2) is 18.6 Å². The Hall–Kier alpha value is -3.77. The average Bonchev–Trinajstić information content (AvgIpc) is 3.74. The van der Waals surface area contributed by atoms with Gasteiger partial charge in [-0.05, 0) is 83.2 Å². The highest BCUT2D eigenvalue weighted by atomic mass is 32.1. The maximum absolute atomic E-state index is 15.6. The van der Waals surface area contributed by atoms with Crippen molar-refractivity contribution in [3.63, 3.8) is 0 Å². The van der Waals surface area contributed by atoms with E-state index in [1.165, 1.54) is 24.5 Å². The molecule has 0 saturated carbocycles. The van der Waals surface area contributed by atoms with E-state index in [2.05, 4.69) is 10.2 Å². The van der Waals surface area contributed by atoms with E-state index in [4.69, 9.17) is 14.5 Å². The molecule has 1 N–H and O–H groups in total. The van der Waals surface area contributed by atoms with Crippen LogP contribution in [0.1, 0.15) is 74.8 Å². The minimum Gasteiger partial charge on any atom is -0.496 e. The van der Waals surface area contributed by atoms with Crippen molar-refractivity contribution in [2.75, 3.05) is 39.8 Å². The van der Waals surface area contributed by atoms with Gasteiger partial charge < -0.3 is 24.6 Å². The predicted molar refractivity (Wildman–Crippen MR) is 175 cm³/mol. The van der Waals surface area contributed by atoms with Crippen molar-refractivity contribution in [1.29, 1.82) is 0 Å². The number of benzene rings is 2. The third-order valence-electron chi connectivity index (χ3n) is 8.65. The van der Waals surface area contributed by atoms with Gasteiger partial charge in [-0.1, -0.05) is 17.4 Å². The number of nitrogens with one attached hydrogen (secondary N) is 1. The second-order valence-electron chi connectivity index (χ2n) is 13.1. The van der Waals surface area contributed by atoms with Gasteiger partial charge in [0.2, 0.25) is 0 Å². The summed E-state index contributed by atoms with van der Waals surface area (Å²) < 4.78 is 42.9. The summed E-state index contributed by atoms with van der Waals surface area (Å²) in [7, 11) is 1.53. The summed E-state index contributed by atoms with van der Waals surface area (Å²) in [6, 6.07) is 8.45. The van der Waals surface area contributed by atoms with E-state index >= 15 is 4.39 Å². The lowest BCUT2D eigenvalue weighted by molar-refractivity contribution is 0.0224. The number of halogens is 2. The molecule has 0 aliphatic carbocycles. The molecule has 2 aromatic carbocycles. The molecule has 0 bridgehead atoms. The zero-order chi connectivity index (χ0) is 32.6. The molecule has 0 spiro atoms. The third-order valence-corrected chi connectivity index (χ3v) is 9.67. The number of likely N-dealkylation sites (tertiary alicyclic amines) is 2. The molecule has 2 aliphatic rings. The number of methoxy groups -OCH3 is 1. The average molecular weight is 654 g/mol. The number of thiazole rings is 1. The Kier molecular flexibility index (Phi) is 9.20. The van der Waals surface area contributed by atoms with Crippen molar-refractivity contribution < 1.29 is 27.8 Å². The van der Waals surface area contributed by atoms with E-state index in [0.29, 0.717) is 53.5 Å². The zero-order valence-corrected chi connectivity index (χ0v) is 27.6. The molecule has 2 saturated heterocycles. The number of aromatic nitrogens is 2. The van der Waals surface area contributed by atoms with Crippen molar-refractivity contribution >= 4 is 38.5 Å². The number of nitrogens with zero attached hydrogens (tertiary/aromatic N) is 4. The quantitative estimate of drug-likeness (QED) is 0.206. The Balaban J connectivity index is 1.16. The lowest BCUT2D eigenvalue weighted by atomic mass is 10.0. The molecule has 6 rings (SSSR count). The summed E-state index contributed by atoms with van der Waals surface area (Å²) in [5.41, 5.74) is 2.22. The van der Waals surface area contributed by atoms with Gasteiger partial charge in [0, 0.05) is 44.0 Å². The van der Waals surface area contributed by atoms with Gasteiger partial charge in [-0.15, -0.1) is 0 Å². The number of fused-ring (bicyclic) bond motifs is 3. The van der Waals surface area contributed by atoms with Crippen molar-refractivity contribution in [2.45, 2.75) is 70.7 Å². The van der Waals surface area contributed by atoms with Crippen LogP contribution in [0.4, 0.5) is 13.6 Å². The number of hydrogen-bond donors (Lipinski definition) is 1. The molecule has 2 fully saturated rings. The van der Waals surface area contributed by atoms with Crippen LogP contribution in [0.15, 0.2) is 36.5 Å². The first kappa shape index (κ1) is 32.2. The summed E-state index contributed by atoms with van der Waals surface area (Å²) >= 11 is 1.41. The van der Waals surface area contributed by atoms with Crippen molar-refractivity contribution in [3.05, 3.63) is 53.5 Å². The highest BCUT2D eigenvalue weighted by Gasteiger charge is 2.33. The van der Waals surface area contributed by atoms with Crippen LogP contribution >= 0.6 is 11.3 Å². The van der Waals surface area contributed by atoms with E-state index in [1.807, 2.05) is 43.4 Å². The molecule has 4 aromatic rings. The van der Waals surface area contributed by atoms with Crippen molar-refractivity contribution in [3.8, 4) is 17.0 Å². The molecule has 0 unspecified atom stereocenters. The Morgan fingerprint density at radius 2 is 1.89 bits per heavy atom. The highest BCUT2D eigenvalue weighted by molar-refractivity contribution is 7.23. The summed E-state index contributed by atoms with van der Waals surface area (Å²) in [6.45, 7) is 8.92. The van der Waals surface area contributed by atoms with Crippen LogP contribution in [0.3, 0.4) is 0 Å². The predicted octanol–water partition coefficient (Wildman–Crippen LogP) is 6.99. The van der Waals surface area contributed by atoms with E-state index in [-0.39, 0.29) is 18.0 Å². The first-order valence-electron chi connectivity index (χ1n) is 15.9. The Morgan fingerprint density at radius 1 is 1.11 bits per heavy atom. The van der Waals surface area contributed by atoms with Gasteiger partial charge in [0.1, 0.15) is 23.3 Å². The minimum atomic E-state index is -0.695. The summed E-state index contributed by atoms with van der Waals surface area (Å²) in [5, 5.41) is 2.99. The topological polar surface area (TPSA) is 88.4 Å². The van der Waals surface area contributed by atoms with Crippen LogP contribution in [0.2, 0.25) is 0 Å². The molecule has 4 heterocycles. The highest BCUT2D eigenvalue weighted by Crippen LogP contribution is 2.37. The standard InChI is InChI=1S/C34H41F2N5O4S/c1-34(2,3)45-33(43)40-14-5-7-27(40)21-8-9-23(25(36)17-21)26-20-41-28-19-29(44-4)24(18-30(28)46-32(41)38-26)31(42)37-12-6-13-39-15-10-22(35)11-16-39/h8-9,17-20,22,27H,5-7,10-16H2,1-4H3,(H,37,42)/t27-/m1/s1. The second kappa shape index (κ2) is 13.2. The summed E-state index contributed by atoms with van der Waals surface area (Å²) in [5.74, 6) is -0.193. The molecular formula is C34H41F2N5O4S. The number of hydrogen-bond acceptors (Lipinski definition) is 7. The smallest absolute Gasteiger partial charge is 0.410 e. The Bertz CT molecular complexity index is 1740. The second-order valence-corrected chi connectivity index (χ2v) is 14.1. The number of rotatable bonds is 8. The summed E-state index contributed by atoms with van der Waals surface area (Å²) in [6.07, 6.45) is 4.21. The molecule has 2 aliphatic heterocycles. The number of carbonyl (C=O) groups excluding carboxylic acids is 2. The maximum atomic E-state index is 15.6. The molecule has 246 valence electrons. The fourth-order valence-corrected chi connectivity index (χ4v) is 7.35. The van der Waals surface area contributed by atoms with E-state index in [0.717, 1.165) is 54.7 Å². The van der Waals surface area contributed by atoms with E-state index in [1.54, 1.807) is 17.2 Å². The molecule has 0 radical (unpaired) electrons. The normalized spacial score (nSPS) is 18.0. The number of ether oxygens (including phenoxy) is 2. The molecule has 12 heteroatoms. The first-order chi connectivity index (χ1) is 22.0. The first-order valence-corrected chi connectivity index (χ1v) is 16.8. The molecule has 46 heavy (non-hydrogen) atoms. The van der Waals surface area contributed by atoms with Crippen LogP contribution in [0.25, 0.3) is 26.4 Å². The molecule has 2 amide bonds. The SMILES string of the molecule is COc1cc2c(cc1C(=O)NCCCN1CCC(F)CC1)sc1nc(-c3ccc([C@H]4CCCN4C(=O)OC(C)(C)C)cc3F)cn12. The Labute approximate surface area is 271 Å². The van der Waals surface area contributed by atoms with Gasteiger partial charge in [0.25, 0.3) is 5.91 Å². The third kappa shape index (κ3) is 6.83. The van der Waals surface area contributed by atoms with Gasteiger partial charge >= 0.3 is 6.09 Å². The van der Waals surface area contributed by atoms with E-state index < -0.39 is 17.6 Å².